The van der Waals surface area contributed by atoms with Crippen molar-refractivity contribution in [2.24, 2.45) is 0 Å². The molecule has 1 unspecified atom stereocenters. The van der Waals surface area contributed by atoms with Crippen LogP contribution in [0.15, 0.2) is 18.2 Å². The molecule has 1 aliphatic rings. The predicted octanol–water partition coefficient (Wildman–Crippen LogP) is 2.00. The highest BCUT2D eigenvalue weighted by Gasteiger charge is 2.19. The van der Waals surface area contributed by atoms with Crippen LogP contribution in [0.5, 0.6) is 5.75 Å². The van der Waals surface area contributed by atoms with E-state index >= 15 is 0 Å². The highest BCUT2D eigenvalue weighted by Crippen LogP contribution is 2.23. The monoisotopic (exact) mass is 265 g/mol. The molecule has 0 amide bonds. The summed E-state index contributed by atoms with van der Waals surface area (Å²) in [5.41, 5.74) is 6.54. The van der Waals surface area contributed by atoms with Crippen molar-refractivity contribution >= 4 is 11.7 Å². The smallest absolute Gasteiger partial charge is 0.340 e. The maximum Gasteiger partial charge on any atom is 0.340 e. The van der Waals surface area contributed by atoms with Gasteiger partial charge in [0.15, 0.2) is 0 Å². The van der Waals surface area contributed by atoms with Crippen molar-refractivity contribution in [2.75, 3.05) is 25.6 Å². The summed E-state index contributed by atoms with van der Waals surface area (Å²) < 4.78 is 16.1. The lowest BCUT2D eigenvalue weighted by Crippen LogP contribution is -2.16. The Hall–Kier alpha value is -1.75. The van der Waals surface area contributed by atoms with E-state index in [4.69, 9.17) is 19.9 Å². The molecule has 1 aromatic carbocycles. The summed E-state index contributed by atoms with van der Waals surface area (Å²) >= 11 is 0. The van der Waals surface area contributed by atoms with Gasteiger partial charge >= 0.3 is 5.97 Å². The average Bonchev–Trinajstić information content (AvgIpc) is 2.91. The fraction of sp³-hybridized carbons (Fsp3) is 0.500. The Labute approximate surface area is 112 Å². The van der Waals surface area contributed by atoms with Crippen molar-refractivity contribution in [3.8, 4) is 5.75 Å². The number of hydrogen-bond acceptors (Lipinski definition) is 5. The Bertz CT molecular complexity index is 441. The molecule has 104 valence electrons. The van der Waals surface area contributed by atoms with Crippen LogP contribution in [0.25, 0.3) is 0 Å². The zero-order valence-electron chi connectivity index (χ0n) is 11.1. The fourth-order valence-corrected chi connectivity index (χ4v) is 1.86. The maximum absolute atomic E-state index is 11.8. The number of benzene rings is 1. The van der Waals surface area contributed by atoms with Crippen LogP contribution in [0.3, 0.4) is 0 Å². The Morgan fingerprint density at radius 3 is 3.05 bits per heavy atom. The van der Waals surface area contributed by atoms with Gasteiger partial charge < -0.3 is 19.9 Å². The summed E-state index contributed by atoms with van der Waals surface area (Å²) in [5.74, 6) is 0.209. The first-order chi connectivity index (χ1) is 9.20. The van der Waals surface area contributed by atoms with Gasteiger partial charge in [-0.25, -0.2) is 4.79 Å². The third kappa shape index (κ3) is 3.61. The van der Waals surface area contributed by atoms with E-state index in [0.717, 1.165) is 12.8 Å². The summed E-state index contributed by atoms with van der Waals surface area (Å²) in [7, 11) is 0. The lowest BCUT2D eigenvalue weighted by atomic mass is 10.1. The number of nitrogen functional groups attached to an aromatic ring is 1. The standard InChI is InChI=1S/C14H19NO4/c1-2-6-18-14(16)12-8-10(3-4-13(12)15)19-11-5-7-17-9-11/h3-4,8,11H,2,5-7,9,15H2,1H3. The van der Waals surface area contributed by atoms with E-state index < -0.39 is 5.97 Å². The topological polar surface area (TPSA) is 70.8 Å². The second-order valence-corrected chi connectivity index (χ2v) is 4.49. The van der Waals surface area contributed by atoms with Crippen molar-refractivity contribution < 1.29 is 19.0 Å². The molecule has 1 heterocycles. The zero-order valence-corrected chi connectivity index (χ0v) is 11.1. The Morgan fingerprint density at radius 1 is 1.53 bits per heavy atom. The van der Waals surface area contributed by atoms with Crippen LogP contribution in [0.4, 0.5) is 5.69 Å². The molecule has 1 atom stereocenters. The van der Waals surface area contributed by atoms with Crippen molar-refractivity contribution in [1.82, 2.24) is 0 Å². The Balaban J connectivity index is 2.07. The molecule has 0 radical (unpaired) electrons. The summed E-state index contributed by atoms with van der Waals surface area (Å²) in [6.07, 6.45) is 1.68. The third-order valence-corrected chi connectivity index (χ3v) is 2.87. The van der Waals surface area contributed by atoms with Crippen LogP contribution >= 0.6 is 0 Å². The van der Waals surface area contributed by atoms with E-state index in [-0.39, 0.29) is 6.10 Å². The Morgan fingerprint density at radius 2 is 2.37 bits per heavy atom. The first-order valence-corrected chi connectivity index (χ1v) is 6.51. The van der Waals surface area contributed by atoms with Gasteiger partial charge in [-0.1, -0.05) is 6.92 Å². The third-order valence-electron chi connectivity index (χ3n) is 2.87. The molecule has 1 aromatic rings. The van der Waals surface area contributed by atoms with Gasteiger partial charge in [-0.3, -0.25) is 0 Å². The second kappa shape index (κ2) is 6.43. The number of hydrogen-bond donors (Lipinski definition) is 1. The molecule has 2 rings (SSSR count). The predicted molar refractivity (Wildman–Crippen MR) is 71.3 cm³/mol. The summed E-state index contributed by atoms with van der Waals surface area (Å²) in [6.45, 7) is 3.63. The molecule has 1 fully saturated rings. The van der Waals surface area contributed by atoms with E-state index in [1.165, 1.54) is 0 Å². The van der Waals surface area contributed by atoms with Gasteiger partial charge in [0, 0.05) is 12.1 Å². The number of anilines is 1. The van der Waals surface area contributed by atoms with Crippen molar-refractivity contribution in [3.05, 3.63) is 23.8 Å². The lowest BCUT2D eigenvalue weighted by Gasteiger charge is -2.13. The normalized spacial score (nSPS) is 18.3. The van der Waals surface area contributed by atoms with Crippen LogP contribution in [0.2, 0.25) is 0 Å². The highest BCUT2D eigenvalue weighted by molar-refractivity contribution is 5.95. The van der Waals surface area contributed by atoms with Crippen LogP contribution in [0.1, 0.15) is 30.1 Å². The van der Waals surface area contributed by atoms with Gasteiger partial charge in [0.05, 0.1) is 25.4 Å². The number of rotatable bonds is 5. The van der Waals surface area contributed by atoms with E-state index in [9.17, 15) is 4.79 Å². The van der Waals surface area contributed by atoms with E-state index in [1.54, 1.807) is 18.2 Å². The van der Waals surface area contributed by atoms with Crippen molar-refractivity contribution in [1.29, 1.82) is 0 Å². The summed E-state index contributed by atoms with van der Waals surface area (Å²) in [6, 6.07) is 5.05. The molecule has 0 aliphatic carbocycles. The maximum atomic E-state index is 11.8. The highest BCUT2D eigenvalue weighted by atomic mass is 16.5. The molecule has 1 aliphatic heterocycles. The minimum Gasteiger partial charge on any atom is -0.488 e. The van der Waals surface area contributed by atoms with Crippen molar-refractivity contribution in [3.63, 3.8) is 0 Å². The second-order valence-electron chi connectivity index (χ2n) is 4.49. The quantitative estimate of drug-likeness (QED) is 0.651. The van der Waals surface area contributed by atoms with Gasteiger partial charge in [0.25, 0.3) is 0 Å². The molecular formula is C14H19NO4. The number of carbonyl (C=O) groups is 1. The molecule has 5 nitrogen and oxygen atoms in total. The molecule has 0 bridgehead atoms. The first kappa shape index (κ1) is 13.7. The average molecular weight is 265 g/mol. The van der Waals surface area contributed by atoms with Gasteiger partial charge in [-0.05, 0) is 24.6 Å². The molecular weight excluding hydrogens is 246 g/mol. The SMILES string of the molecule is CCCOC(=O)c1cc(OC2CCOC2)ccc1N. The van der Waals surface area contributed by atoms with Crippen LogP contribution < -0.4 is 10.5 Å². The molecule has 0 saturated carbocycles. The zero-order chi connectivity index (χ0) is 13.7. The summed E-state index contributed by atoms with van der Waals surface area (Å²) in [5, 5.41) is 0. The van der Waals surface area contributed by atoms with Gasteiger partial charge in [0.1, 0.15) is 11.9 Å². The van der Waals surface area contributed by atoms with Crippen molar-refractivity contribution in [2.45, 2.75) is 25.9 Å². The van der Waals surface area contributed by atoms with Crippen LogP contribution in [0, 0.1) is 0 Å². The number of carbonyl (C=O) groups excluding carboxylic acids is 1. The van der Waals surface area contributed by atoms with Crippen LogP contribution in [-0.2, 0) is 9.47 Å². The molecule has 0 aromatic heterocycles. The van der Waals surface area contributed by atoms with E-state index in [0.29, 0.717) is 36.8 Å². The molecule has 5 heteroatoms. The van der Waals surface area contributed by atoms with E-state index in [1.807, 2.05) is 6.92 Å². The molecule has 1 saturated heterocycles. The minimum absolute atomic E-state index is 0.0446. The molecule has 19 heavy (non-hydrogen) atoms. The largest absolute Gasteiger partial charge is 0.488 e. The molecule has 0 spiro atoms. The van der Waals surface area contributed by atoms with Gasteiger partial charge in [-0.2, -0.15) is 0 Å². The number of nitrogens with two attached hydrogens (primary N) is 1. The Kier molecular flexibility index (Phi) is 4.63. The van der Waals surface area contributed by atoms with Gasteiger partial charge in [0.2, 0.25) is 0 Å². The van der Waals surface area contributed by atoms with Gasteiger partial charge in [-0.15, -0.1) is 0 Å². The van der Waals surface area contributed by atoms with Crippen LogP contribution in [-0.4, -0.2) is 31.9 Å². The fourth-order valence-electron chi connectivity index (χ4n) is 1.86. The minimum atomic E-state index is -0.410. The number of esters is 1. The summed E-state index contributed by atoms with van der Waals surface area (Å²) in [4.78, 5) is 11.8. The first-order valence-electron chi connectivity index (χ1n) is 6.51. The molecule has 2 N–H and O–H groups in total. The lowest BCUT2D eigenvalue weighted by molar-refractivity contribution is 0.0505. The number of ether oxygens (including phenoxy) is 3. The van der Waals surface area contributed by atoms with E-state index in [2.05, 4.69) is 0 Å².